The van der Waals surface area contributed by atoms with Crippen LogP contribution in [0.1, 0.15) is 65.5 Å². The first kappa shape index (κ1) is 19.6. The van der Waals surface area contributed by atoms with Gasteiger partial charge < -0.3 is 10.0 Å². The van der Waals surface area contributed by atoms with Crippen LogP contribution in [-0.4, -0.2) is 44.8 Å². The van der Waals surface area contributed by atoms with Gasteiger partial charge in [0.25, 0.3) is 0 Å². The summed E-state index contributed by atoms with van der Waals surface area (Å²) in [7, 11) is 0. The van der Waals surface area contributed by atoms with Crippen molar-refractivity contribution in [1.82, 2.24) is 14.7 Å². The Morgan fingerprint density at radius 2 is 2.04 bits per heavy atom. The van der Waals surface area contributed by atoms with Crippen molar-refractivity contribution in [3.05, 3.63) is 39.8 Å². The van der Waals surface area contributed by atoms with E-state index in [9.17, 15) is 9.59 Å². The van der Waals surface area contributed by atoms with Crippen LogP contribution in [0.5, 0.6) is 0 Å². The number of piperidine rings is 1. The number of amides is 1. The van der Waals surface area contributed by atoms with Gasteiger partial charge in [0.15, 0.2) is 0 Å². The Balaban J connectivity index is 1.38. The van der Waals surface area contributed by atoms with Crippen molar-refractivity contribution in [2.75, 3.05) is 13.1 Å². The second-order valence-corrected chi connectivity index (χ2v) is 8.18. The first-order chi connectivity index (χ1) is 13.1. The standard InChI is InChI=1S/C20H27N3O3S/c1-15-18(20(25)26)14-21-23(15)16-9-11-22(12-10-16)19(24)8-4-2-3-6-17-7-5-13-27-17/h5,7,13-14,16H,2-4,6,8-12H2,1H3,(H,25,26). The third kappa shape index (κ3) is 4.97. The Kier molecular flexibility index (Phi) is 6.66. The van der Waals surface area contributed by atoms with E-state index < -0.39 is 5.97 Å². The smallest absolute Gasteiger partial charge is 0.339 e. The summed E-state index contributed by atoms with van der Waals surface area (Å²) < 4.78 is 1.82. The van der Waals surface area contributed by atoms with E-state index in [0.717, 1.165) is 51.6 Å². The van der Waals surface area contributed by atoms with E-state index in [2.05, 4.69) is 22.6 Å². The molecule has 1 fully saturated rings. The van der Waals surface area contributed by atoms with Crippen LogP contribution in [0.3, 0.4) is 0 Å². The quantitative estimate of drug-likeness (QED) is 0.695. The van der Waals surface area contributed by atoms with Gasteiger partial charge in [-0.2, -0.15) is 5.10 Å². The molecule has 146 valence electrons. The number of aryl methyl sites for hydroxylation is 1. The van der Waals surface area contributed by atoms with E-state index in [-0.39, 0.29) is 17.5 Å². The number of thiophene rings is 1. The predicted molar refractivity (Wildman–Crippen MR) is 105 cm³/mol. The molecular formula is C20H27N3O3S. The highest BCUT2D eigenvalue weighted by Crippen LogP contribution is 2.25. The molecule has 0 bridgehead atoms. The monoisotopic (exact) mass is 389 g/mol. The highest BCUT2D eigenvalue weighted by Gasteiger charge is 2.26. The molecule has 3 heterocycles. The minimum absolute atomic E-state index is 0.174. The van der Waals surface area contributed by atoms with Crippen molar-refractivity contribution in [3.8, 4) is 0 Å². The van der Waals surface area contributed by atoms with Crippen LogP contribution < -0.4 is 0 Å². The van der Waals surface area contributed by atoms with E-state index >= 15 is 0 Å². The van der Waals surface area contributed by atoms with E-state index in [1.165, 1.54) is 11.1 Å². The van der Waals surface area contributed by atoms with Crippen molar-refractivity contribution in [1.29, 1.82) is 0 Å². The van der Waals surface area contributed by atoms with Crippen molar-refractivity contribution in [2.24, 2.45) is 0 Å². The van der Waals surface area contributed by atoms with Crippen molar-refractivity contribution >= 4 is 23.2 Å². The van der Waals surface area contributed by atoms with Crippen LogP contribution in [0.4, 0.5) is 0 Å². The number of aromatic nitrogens is 2. The van der Waals surface area contributed by atoms with Crippen LogP contribution in [0, 0.1) is 6.92 Å². The van der Waals surface area contributed by atoms with E-state index in [4.69, 9.17) is 5.11 Å². The number of likely N-dealkylation sites (tertiary alicyclic amines) is 1. The molecule has 27 heavy (non-hydrogen) atoms. The average molecular weight is 390 g/mol. The minimum atomic E-state index is -0.939. The maximum absolute atomic E-state index is 12.4. The fourth-order valence-corrected chi connectivity index (χ4v) is 4.48. The summed E-state index contributed by atoms with van der Waals surface area (Å²) in [5.41, 5.74) is 0.953. The lowest BCUT2D eigenvalue weighted by atomic mass is 10.0. The SMILES string of the molecule is Cc1c(C(=O)O)cnn1C1CCN(C(=O)CCCCCc2cccs2)CC1. The zero-order valence-electron chi connectivity index (χ0n) is 15.8. The van der Waals surface area contributed by atoms with E-state index in [0.29, 0.717) is 12.1 Å². The molecule has 0 saturated carbocycles. The highest BCUT2D eigenvalue weighted by molar-refractivity contribution is 7.09. The zero-order chi connectivity index (χ0) is 19.2. The fraction of sp³-hybridized carbons (Fsp3) is 0.550. The molecule has 0 aromatic carbocycles. The molecule has 1 amide bonds. The number of nitrogens with zero attached hydrogens (tertiary/aromatic N) is 3. The lowest BCUT2D eigenvalue weighted by molar-refractivity contribution is -0.132. The molecule has 2 aromatic heterocycles. The topological polar surface area (TPSA) is 75.4 Å². The molecule has 1 saturated heterocycles. The van der Waals surface area contributed by atoms with Gasteiger partial charge in [-0.25, -0.2) is 4.79 Å². The number of aromatic carboxylic acids is 1. The number of rotatable bonds is 8. The van der Waals surface area contributed by atoms with Crippen LogP contribution in [-0.2, 0) is 11.2 Å². The van der Waals surface area contributed by atoms with Gasteiger partial charge in [0.1, 0.15) is 5.56 Å². The molecule has 1 N–H and O–H groups in total. The molecule has 0 unspecified atom stereocenters. The van der Waals surface area contributed by atoms with Crippen LogP contribution in [0.25, 0.3) is 0 Å². The van der Waals surface area contributed by atoms with Gasteiger partial charge >= 0.3 is 5.97 Å². The Labute approximate surface area is 163 Å². The van der Waals surface area contributed by atoms with E-state index in [1.54, 1.807) is 18.3 Å². The average Bonchev–Trinajstić information content (AvgIpc) is 3.31. The number of carbonyl (C=O) groups is 2. The zero-order valence-corrected chi connectivity index (χ0v) is 16.6. The second-order valence-electron chi connectivity index (χ2n) is 7.15. The molecule has 0 atom stereocenters. The molecule has 6 nitrogen and oxygen atoms in total. The van der Waals surface area contributed by atoms with Crippen molar-refractivity contribution < 1.29 is 14.7 Å². The number of carbonyl (C=O) groups excluding carboxylic acids is 1. The van der Waals surface area contributed by atoms with E-state index in [1.807, 2.05) is 9.58 Å². The number of hydrogen-bond donors (Lipinski definition) is 1. The minimum Gasteiger partial charge on any atom is -0.478 e. The number of unbranched alkanes of at least 4 members (excludes halogenated alkanes) is 2. The van der Waals surface area contributed by atoms with Crippen molar-refractivity contribution in [2.45, 2.75) is 57.9 Å². The summed E-state index contributed by atoms with van der Waals surface area (Å²) in [6, 6.07) is 4.43. The number of carboxylic acids is 1. The highest BCUT2D eigenvalue weighted by atomic mass is 32.1. The summed E-state index contributed by atoms with van der Waals surface area (Å²) in [5, 5.41) is 15.5. The van der Waals surface area contributed by atoms with Gasteiger partial charge in [-0.05, 0) is 50.5 Å². The van der Waals surface area contributed by atoms with Gasteiger partial charge in [0, 0.05) is 24.4 Å². The Morgan fingerprint density at radius 1 is 1.26 bits per heavy atom. The lowest BCUT2D eigenvalue weighted by Crippen LogP contribution is -2.39. The summed E-state index contributed by atoms with van der Waals surface area (Å²) >= 11 is 1.80. The molecule has 3 rings (SSSR count). The maximum atomic E-state index is 12.4. The summed E-state index contributed by atoms with van der Waals surface area (Å²) in [4.78, 5) is 27.0. The van der Waals surface area contributed by atoms with Crippen LogP contribution in [0.15, 0.2) is 23.7 Å². The molecule has 7 heteroatoms. The maximum Gasteiger partial charge on any atom is 0.339 e. The van der Waals surface area contributed by atoms with Gasteiger partial charge in [-0.1, -0.05) is 12.5 Å². The van der Waals surface area contributed by atoms with Gasteiger partial charge in [-0.15, -0.1) is 11.3 Å². The summed E-state index contributed by atoms with van der Waals surface area (Å²) in [5.74, 6) is -0.696. The summed E-state index contributed by atoms with van der Waals surface area (Å²) in [6.07, 6.45) is 7.98. The molecule has 2 aromatic rings. The lowest BCUT2D eigenvalue weighted by Gasteiger charge is -2.32. The summed E-state index contributed by atoms with van der Waals surface area (Å²) in [6.45, 7) is 3.24. The Morgan fingerprint density at radius 3 is 2.67 bits per heavy atom. The molecule has 0 radical (unpaired) electrons. The molecule has 0 aliphatic carbocycles. The Hall–Kier alpha value is -2.15. The molecular weight excluding hydrogens is 362 g/mol. The number of carboxylic acid groups (broad SMARTS) is 1. The van der Waals surface area contributed by atoms with Gasteiger partial charge in [0.05, 0.1) is 17.9 Å². The van der Waals surface area contributed by atoms with Crippen LogP contribution in [0.2, 0.25) is 0 Å². The third-order valence-corrected chi connectivity index (χ3v) is 6.27. The first-order valence-electron chi connectivity index (χ1n) is 9.64. The van der Waals surface area contributed by atoms with Gasteiger partial charge in [0.2, 0.25) is 5.91 Å². The fourth-order valence-electron chi connectivity index (χ4n) is 3.73. The number of hydrogen-bond acceptors (Lipinski definition) is 4. The normalized spacial score (nSPS) is 15.2. The molecule has 1 aliphatic rings. The molecule has 0 spiro atoms. The molecule has 1 aliphatic heterocycles. The predicted octanol–water partition coefficient (Wildman–Crippen LogP) is 3.92. The second kappa shape index (κ2) is 9.17. The Bertz CT molecular complexity index is 762. The van der Waals surface area contributed by atoms with Gasteiger partial charge in [-0.3, -0.25) is 9.48 Å². The first-order valence-corrected chi connectivity index (χ1v) is 10.5. The third-order valence-electron chi connectivity index (χ3n) is 5.33. The van der Waals surface area contributed by atoms with Crippen molar-refractivity contribution in [3.63, 3.8) is 0 Å². The largest absolute Gasteiger partial charge is 0.478 e. The van der Waals surface area contributed by atoms with Crippen LogP contribution >= 0.6 is 11.3 Å².